The number of amides is 1. The fourth-order valence-corrected chi connectivity index (χ4v) is 3.13. The van der Waals surface area contributed by atoms with E-state index in [1.165, 1.54) is 11.1 Å². The molecule has 1 atom stereocenters. The van der Waals surface area contributed by atoms with Crippen molar-refractivity contribution in [1.82, 2.24) is 20.1 Å². The van der Waals surface area contributed by atoms with Crippen LogP contribution in [-0.4, -0.2) is 27.2 Å². The first-order valence-corrected chi connectivity index (χ1v) is 7.90. The number of aromatic nitrogens is 3. The van der Waals surface area contributed by atoms with Crippen molar-refractivity contribution in [3.8, 4) is 0 Å². The van der Waals surface area contributed by atoms with Crippen molar-refractivity contribution in [3.05, 3.63) is 47.5 Å². The number of nitrogens with zero attached hydrogens (tertiary/aromatic N) is 3. The SMILES string of the molecule is CC(C)n1cnnc1CCNC(=O)[C@@H]1CCc2ccccc21. The Balaban J connectivity index is 1.56. The first kappa shape index (κ1) is 14.8. The Bertz CT molecular complexity index is 662. The molecule has 3 rings (SSSR count). The molecule has 2 aromatic rings. The van der Waals surface area contributed by atoms with Crippen LogP contribution in [0, 0.1) is 0 Å². The van der Waals surface area contributed by atoms with Crippen molar-refractivity contribution in [3.63, 3.8) is 0 Å². The smallest absolute Gasteiger partial charge is 0.227 e. The minimum absolute atomic E-state index is 0.000770. The summed E-state index contributed by atoms with van der Waals surface area (Å²) in [5.41, 5.74) is 2.49. The Kier molecular flexibility index (Phi) is 4.22. The van der Waals surface area contributed by atoms with Gasteiger partial charge in [0.1, 0.15) is 12.2 Å². The second kappa shape index (κ2) is 6.30. The highest BCUT2D eigenvalue weighted by molar-refractivity contribution is 5.84. The summed E-state index contributed by atoms with van der Waals surface area (Å²) in [6.07, 6.45) is 4.36. The van der Waals surface area contributed by atoms with Gasteiger partial charge in [0.2, 0.25) is 5.91 Å². The largest absolute Gasteiger partial charge is 0.355 e. The molecule has 0 bridgehead atoms. The third-order valence-electron chi connectivity index (χ3n) is 4.30. The topological polar surface area (TPSA) is 59.8 Å². The van der Waals surface area contributed by atoms with Crippen LogP contribution in [0.25, 0.3) is 0 Å². The second-order valence-corrected chi connectivity index (χ2v) is 6.08. The van der Waals surface area contributed by atoms with E-state index in [1.807, 2.05) is 16.7 Å². The standard InChI is InChI=1S/C17H22N4O/c1-12(2)21-11-19-20-16(21)9-10-18-17(22)15-8-7-13-5-3-4-6-14(13)15/h3-6,11-12,15H,7-10H2,1-2H3,(H,18,22)/t15-/m1/s1. The van der Waals surface area contributed by atoms with E-state index in [1.54, 1.807) is 6.33 Å². The third-order valence-corrected chi connectivity index (χ3v) is 4.30. The normalized spacial score (nSPS) is 16.8. The van der Waals surface area contributed by atoms with Gasteiger partial charge in [-0.3, -0.25) is 4.79 Å². The molecule has 1 aliphatic carbocycles. The Morgan fingerprint density at radius 1 is 1.41 bits per heavy atom. The summed E-state index contributed by atoms with van der Waals surface area (Å²) in [7, 11) is 0. The molecule has 1 aromatic carbocycles. The minimum atomic E-state index is -0.000770. The molecule has 1 amide bonds. The maximum absolute atomic E-state index is 12.4. The molecular formula is C17H22N4O. The van der Waals surface area contributed by atoms with E-state index in [2.05, 4.69) is 41.5 Å². The number of carbonyl (C=O) groups excluding carboxylic acids is 1. The number of nitrogens with one attached hydrogen (secondary N) is 1. The first-order valence-electron chi connectivity index (χ1n) is 7.90. The predicted octanol–water partition coefficient (Wildman–Crippen LogP) is 2.25. The zero-order chi connectivity index (χ0) is 15.5. The summed E-state index contributed by atoms with van der Waals surface area (Å²) in [5, 5.41) is 11.1. The number of hydrogen-bond acceptors (Lipinski definition) is 3. The van der Waals surface area contributed by atoms with Gasteiger partial charge in [0.05, 0.1) is 5.92 Å². The van der Waals surface area contributed by atoms with Crippen LogP contribution in [0.2, 0.25) is 0 Å². The summed E-state index contributed by atoms with van der Waals surface area (Å²) in [6.45, 7) is 4.80. The summed E-state index contributed by atoms with van der Waals surface area (Å²) >= 11 is 0. The van der Waals surface area contributed by atoms with Crippen molar-refractivity contribution in [2.24, 2.45) is 0 Å². The molecule has 0 unspecified atom stereocenters. The highest BCUT2D eigenvalue weighted by Gasteiger charge is 2.27. The van der Waals surface area contributed by atoms with Crippen LogP contribution in [0.3, 0.4) is 0 Å². The van der Waals surface area contributed by atoms with Crippen LogP contribution in [0.1, 0.15) is 49.2 Å². The molecule has 1 N–H and O–H groups in total. The van der Waals surface area contributed by atoms with Gasteiger partial charge >= 0.3 is 0 Å². The van der Waals surface area contributed by atoms with Crippen molar-refractivity contribution < 1.29 is 4.79 Å². The zero-order valence-electron chi connectivity index (χ0n) is 13.1. The predicted molar refractivity (Wildman–Crippen MR) is 84.6 cm³/mol. The van der Waals surface area contributed by atoms with Crippen LogP contribution in [0.5, 0.6) is 0 Å². The van der Waals surface area contributed by atoms with Gasteiger partial charge in [-0.05, 0) is 37.8 Å². The first-order chi connectivity index (χ1) is 10.7. The van der Waals surface area contributed by atoms with E-state index in [-0.39, 0.29) is 11.8 Å². The van der Waals surface area contributed by atoms with Crippen molar-refractivity contribution in [2.75, 3.05) is 6.54 Å². The van der Waals surface area contributed by atoms with Crippen molar-refractivity contribution in [2.45, 2.75) is 45.1 Å². The number of rotatable bonds is 5. The second-order valence-electron chi connectivity index (χ2n) is 6.08. The molecule has 5 heteroatoms. The van der Waals surface area contributed by atoms with E-state index in [4.69, 9.17) is 0 Å². The van der Waals surface area contributed by atoms with Crippen molar-refractivity contribution >= 4 is 5.91 Å². The molecular weight excluding hydrogens is 276 g/mol. The average molecular weight is 298 g/mol. The number of aryl methyl sites for hydroxylation is 1. The Morgan fingerprint density at radius 2 is 2.23 bits per heavy atom. The molecule has 1 aromatic heterocycles. The van der Waals surface area contributed by atoms with Gasteiger partial charge in [0, 0.05) is 19.0 Å². The van der Waals surface area contributed by atoms with Crippen LogP contribution in [0.4, 0.5) is 0 Å². The molecule has 5 nitrogen and oxygen atoms in total. The molecule has 116 valence electrons. The van der Waals surface area contributed by atoms with Gasteiger partial charge in [0.15, 0.2) is 0 Å². The van der Waals surface area contributed by atoms with Crippen LogP contribution >= 0.6 is 0 Å². The van der Waals surface area contributed by atoms with E-state index >= 15 is 0 Å². The number of hydrogen-bond donors (Lipinski definition) is 1. The van der Waals surface area contributed by atoms with Crippen molar-refractivity contribution in [1.29, 1.82) is 0 Å². The quantitative estimate of drug-likeness (QED) is 0.921. The lowest BCUT2D eigenvalue weighted by atomic mass is 10.0. The monoisotopic (exact) mass is 298 g/mol. The summed E-state index contributed by atoms with van der Waals surface area (Å²) < 4.78 is 2.04. The van der Waals surface area contributed by atoms with E-state index in [0.29, 0.717) is 19.0 Å². The number of fused-ring (bicyclic) bond motifs is 1. The van der Waals surface area contributed by atoms with E-state index < -0.39 is 0 Å². The Labute approximate surface area is 130 Å². The molecule has 0 saturated carbocycles. The molecule has 0 aliphatic heterocycles. The molecule has 1 heterocycles. The zero-order valence-corrected chi connectivity index (χ0v) is 13.1. The number of benzene rings is 1. The maximum Gasteiger partial charge on any atom is 0.227 e. The van der Waals surface area contributed by atoms with E-state index in [0.717, 1.165) is 18.7 Å². The number of carbonyl (C=O) groups is 1. The highest BCUT2D eigenvalue weighted by atomic mass is 16.1. The summed E-state index contributed by atoms with van der Waals surface area (Å²) in [4.78, 5) is 12.4. The highest BCUT2D eigenvalue weighted by Crippen LogP contribution is 2.32. The Morgan fingerprint density at radius 3 is 3.05 bits per heavy atom. The average Bonchev–Trinajstić information content (AvgIpc) is 3.13. The molecule has 0 saturated heterocycles. The lowest BCUT2D eigenvalue weighted by Gasteiger charge is -2.13. The van der Waals surface area contributed by atoms with Gasteiger partial charge in [-0.2, -0.15) is 0 Å². The minimum Gasteiger partial charge on any atom is -0.355 e. The Hall–Kier alpha value is -2.17. The molecule has 1 aliphatic rings. The van der Waals surface area contributed by atoms with Crippen LogP contribution < -0.4 is 5.32 Å². The van der Waals surface area contributed by atoms with Crippen LogP contribution in [0.15, 0.2) is 30.6 Å². The molecule has 22 heavy (non-hydrogen) atoms. The van der Waals surface area contributed by atoms with Gasteiger partial charge in [-0.25, -0.2) is 0 Å². The van der Waals surface area contributed by atoms with Gasteiger partial charge < -0.3 is 9.88 Å². The van der Waals surface area contributed by atoms with Gasteiger partial charge in [-0.1, -0.05) is 24.3 Å². The summed E-state index contributed by atoms with van der Waals surface area (Å²) in [6, 6.07) is 8.57. The summed E-state index contributed by atoms with van der Waals surface area (Å²) in [5.74, 6) is 1.04. The molecule has 0 fully saturated rings. The molecule has 0 radical (unpaired) electrons. The fourth-order valence-electron chi connectivity index (χ4n) is 3.13. The van der Waals surface area contributed by atoms with Crippen LogP contribution in [-0.2, 0) is 17.6 Å². The molecule has 0 spiro atoms. The van der Waals surface area contributed by atoms with Gasteiger partial charge in [0.25, 0.3) is 0 Å². The third kappa shape index (κ3) is 2.89. The van der Waals surface area contributed by atoms with E-state index in [9.17, 15) is 4.79 Å². The lowest BCUT2D eigenvalue weighted by molar-refractivity contribution is -0.122. The maximum atomic E-state index is 12.4. The lowest BCUT2D eigenvalue weighted by Crippen LogP contribution is -2.30. The fraction of sp³-hybridized carbons (Fsp3) is 0.471. The van der Waals surface area contributed by atoms with Gasteiger partial charge in [-0.15, -0.1) is 10.2 Å².